The van der Waals surface area contributed by atoms with Crippen molar-refractivity contribution in [2.45, 2.75) is 31.7 Å². The number of hydrogen-bond acceptors (Lipinski definition) is 5. The predicted molar refractivity (Wildman–Crippen MR) is 107 cm³/mol. The molecule has 1 aromatic heterocycles. The van der Waals surface area contributed by atoms with Gasteiger partial charge in [-0.3, -0.25) is 0 Å². The normalized spacial score (nSPS) is 17.1. The van der Waals surface area contributed by atoms with E-state index in [1.54, 1.807) is 44.8 Å². The number of aryl methyl sites for hydroxylation is 1. The van der Waals surface area contributed by atoms with E-state index < -0.39 is 16.3 Å². The summed E-state index contributed by atoms with van der Waals surface area (Å²) in [6.45, 7) is 1.06. The minimum Gasteiger partial charge on any atom is -0.497 e. The van der Waals surface area contributed by atoms with Crippen molar-refractivity contribution in [3.8, 4) is 11.5 Å². The van der Waals surface area contributed by atoms with Gasteiger partial charge in [-0.25, -0.2) is 4.98 Å². The molecule has 0 radical (unpaired) electrons. The summed E-state index contributed by atoms with van der Waals surface area (Å²) >= 11 is 0. The van der Waals surface area contributed by atoms with E-state index >= 15 is 0 Å². The molecule has 3 rings (SSSR count). The Morgan fingerprint density at radius 2 is 1.64 bits per heavy atom. The zero-order valence-corrected chi connectivity index (χ0v) is 17.4. The molecule has 1 atom stereocenters. The SMILES string of the molecule is COc1cc(OC)cc(C(NS(=O)(=O)N2CCCCCC2)c2nccn2C)c1. The Morgan fingerprint density at radius 3 is 2.14 bits per heavy atom. The number of hydrogen-bond donors (Lipinski definition) is 1. The minimum atomic E-state index is -3.69. The van der Waals surface area contributed by atoms with Gasteiger partial charge in [-0.2, -0.15) is 17.4 Å². The first kappa shape index (κ1) is 20.6. The highest BCUT2D eigenvalue weighted by Crippen LogP contribution is 2.30. The zero-order valence-electron chi connectivity index (χ0n) is 16.6. The van der Waals surface area contributed by atoms with Crippen LogP contribution in [0.15, 0.2) is 30.6 Å². The molecule has 0 spiro atoms. The lowest BCUT2D eigenvalue weighted by Gasteiger charge is -2.25. The number of nitrogens with one attached hydrogen (secondary N) is 1. The van der Waals surface area contributed by atoms with Crippen LogP contribution in [0.25, 0.3) is 0 Å². The summed E-state index contributed by atoms with van der Waals surface area (Å²) in [7, 11) is 1.28. The molecule has 1 fully saturated rings. The largest absolute Gasteiger partial charge is 0.497 e. The van der Waals surface area contributed by atoms with E-state index in [0.717, 1.165) is 25.7 Å². The van der Waals surface area contributed by atoms with Gasteiger partial charge in [-0.15, -0.1) is 0 Å². The molecule has 2 heterocycles. The maximum absolute atomic E-state index is 13.2. The number of imidazole rings is 1. The van der Waals surface area contributed by atoms with E-state index in [2.05, 4.69) is 9.71 Å². The lowest BCUT2D eigenvalue weighted by molar-refractivity contribution is 0.391. The van der Waals surface area contributed by atoms with E-state index in [1.807, 2.05) is 11.6 Å². The van der Waals surface area contributed by atoms with Crippen molar-refractivity contribution in [1.29, 1.82) is 0 Å². The van der Waals surface area contributed by atoms with Crippen LogP contribution in [0, 0.1) is 0 Å². The Labute approximate surface area is 166 Å². The average molecular weight is 409 g/mol. The molecule has 1 N–H and O–H groups in total. The third-order valence-corrected chi connectivity index (χ3v) is 6.57. The lowest BCUT2D eigenvalue weighted by Crippen LogP contribution is -2.43. The van der Waals surface area contributed by atoms with Crippen molar-refractivity contribution in [3.05, 3.63) is 42.0 Å². The molecule has 0 amide bonds. The molecule has 0 bridgehead atoms. The summed E-state index contributed by atoms with van der Waals surface area (Å²) in [5, 5.41) is 0. The highest BCUT2D eigenvalue weighted by Gasteiger charge is 2.30. The molecular weight excluding hydrogens is 380 g/mol. The second-order valence-electron chi connectivity index (χ2n) is 6.91. The van der Waals surface area contributed by atoms with Crippen molar-refractivity contribution < 1.29 is 17.9 Å². The van der Waals surface area contributed by atoms with Gasteiger partial charge in [0.25, 0.3) is 10.2 Å². The Morgan fingerprint density at radius 1 is 1.04 bits per heavy atom. The number of aromatic nitrogens is 2. The molecule has 1 saturated heterocycles. The number of benzene rings is 1. The van der Waals surface area contributed by atoms with E-state index in [0.29, 0.717) is 36.0 Å². The molecule has 2 aromatic rings. The van der Waals surface area contributed by atoms with Gasteiger partial charge in [-0.05, 0) is 30.5 Å². The summed E-state index contributed by atoms with van der Waals surface area (Å²) < 4.78 is 43.2. The zero-order chi connectivity index (χ0) is 20.1. The van der Waals surface area contributed by atoms with Gasteiger partial charge in [0.2, 0.25) is 0 Å². The molecule has 28 heavy (non-hydrogen) atoms. The first-order chi connectivity index (χ1) is 13.4. The Kier molecular flexibility index (Phi) is 6.58. The highest BCUT2D eigenvalue weighted by molar-refractivity contribution is 7.87. The van der Waals surface area contributed by atoms with Crippen LogP contribution in [-0.4, -0.2) is 49.6 Å². The topological polar surface area (TPSA) is 85.7 Å². The third-order valence-electron chi connectivity index (χ3n) is 5.00. The predicted octanol–water partition coefficient (Wildman–Crippen LogP) is 2.24. The fourth-order valence-electron chi connectivity index (χ4n) is 3.43. The maximum atomic E-state index is 13.2. The fourth-order valence-corrected chi connectivity index (χ4v) is 4.85. The quantitative estimate of drug-likeness (QED) is 0.759. The first-order valence-corrected chi connectivity index (χ1v) is 10.9. The summed E-state index contributed by atoms with van der Waals surface area (Å²) in [6.07, 6.45) is 7.31. The molecule has 1 unspecified atom stereocenters. The van der Waals surface area contributed by atoms with Gasteiger partial charge in [0.15, 0.2) is 0 Å². The van der Waals surface area contributed by atoms with Crippen LogP contribution >= 0.6 is 0 Å². The number of ether oxygens (including phenoxy) is 2. The molecule has 1 aliphatic heterocycles. The molecule has 1 aliphatic rings. The van der Waals surface area contributed by atoms with E-state index in [4.69, 9.17) is 9.47 Å². The van der Waals surface area contributed by atoms with Gasteiger partial charge >= 0.3 is 0 Å². The average Bonchev–Trinajstić information content (AvgIpc) is 2.94. The van der Waals surface area contributed by atoms with Crippen LogP contribution in [0.2, 0.25) is 0 Å². The fraction of sp³-hybridized carbons (Fsp3) is 0.526. The van der Waals surface area contributed by atoms with Gasteiger partial charge in [-0.1, -0.05) is 12.8 Å². The monoisotopic (exact) mass is 408 g/mol. The van der Waals surface area contributed by atoms with Crippen LogP contribution in [0.4, 0.5) is 0 Å². The minimum absolute atomic E-state index is 0.532. The molecule has 0 saturated carbocycles. The van der Waals surface area contributed by atoms with E-state index in [1.165, 1.54) is 4.31 Å². The smallest absolute Gasteiger partial charge is 0.280 e. The van der Waals surface area contributed by atoms with E-state index in [-0.39, 0.29) is 0 Å². The van der Waals surface area contributed by atoms with Gasteiger partial charge in [0.05, 0.1) is 14.2 Å². The molecule has 9 heteroatoms. The van der Waals surface area contributed by atoms with Crippen LogP contribution in [0.3, 0.4) is 0 Å². The van der Waals surface area contributed by atoms with Crippen molar-refractivity contribution in [1.82, 2.24) is 18.6 Å². The van der Waals surface area contributed by atoms with Crippen molar-refractivity contribution in [3.63, 3.8) is 0 Å². The van der Waals surface area contributed by atoms with Crippen LogP contribution in [-0.2, 0) is 17.3 Å². The second-order valence-corrected chi connectivity index (χ2v) is 8.61. The van der Waals surface area contributed by atoms with Crippen molar-refractivity contribution >= 4 is 10.2 Å². The summed E-state index contributed by atoms with van der Waals surface area (Å²) in [4.78, 5) is 4.39. The first-order valence-electron chi connectivity index (χ1n) is 9.42. The highest BCUT2D eigenvalue weighted by atomic mass is 32.2. The molecule has 8 nitrogen and oxygen atoms in total. The van der Waals surface area contributed by atoms with Gasteiger partial charge < -0.3 is 14.0 Å². The third kappa shape index (κ3) is 4.65. The Hall–Kier alpha value is -2.10. The summed E-state index contributed by atoms with van der Waals surface area (Å²) in [5.41, 5.74) is 0.698. The molecule has 0 aliphatic carbocycles. The number of methoxy groups -OCH3 is 2. The van der Waals surface area contributed by atoms with Gasteiger partial charge in [0.1, 0.15) is 23.4 Å². The van der Waals surface area contributed by atoms with Crippen LogP contribution in [0.1, 0.15) is 43.1 Å². The van der Waals surface area contributed by atoms with Crippen LogP contribution in [0.5, 0.6) is 11.5 Å². The van der Waals surface area contributed by atoms with Gasteiger partial charge in [0, 0.05) is 38.6 Å². The number of nitrogens with zero attached hydrogens (tertiary/aromatic N) is 3. The molecule has 154 valence electrons. The lowest BCUT2D eigenvalue weighted by atomic mass is 10.1. The van der Waals surface area contributed by atoms with E-state index in [9.17, 15) is 8.42 Å². The van der Waals surface area contributed by atoms with Crippen molar-refractivity contribution in [2.24, 2.45) is 7.05 Å². The maximum Gasteiger partial charge on any atom is 0.280 e. The molecule has 1 aromatic carbocycles. The Balaban J connectivity index is 2.00. The standard InChI is InChI=1S/C19H28N4O4S/c1-22-11-8-20-19(22)18(15-12-16(26-2)14-17(13-15)27-3)21-28(24,25)23-9-6-4-5-7-10-23/h8,11-14,18,21H,4-7,9-10H2,1-3H3. The Bertz CT molecular complexity index is 867. The summed E-state index contributed by atoms with van der Waals surface area (Å²) in [6, 6.07) is 4.68. The summed E-state index contributed by atoms with van der Waals surface area (Å²) in [5.74, 6) is 1.76. The number of rotatable bonds is 7. The van der Waals surface area contributed by atoms with Crippen LogP contribution < -0.4 is 14.2 Å². The molecular formula is C19H28N4O4S. The second kappa shape index (κ2) is 8.93. The van der Waals surface area contributed by atoms with Crippen molar-refractivity contribution in [2.75, 3.05) is 27.3 Å².